The van der Waals surface area contributed by atoms with Crippen LogP contribution in [-0.2, 0) is 0 Å². The van der Waals surface area contributed by atoms with E-state index in [1.54, 1.807) is 0 Å². The van der Waals surface area contributed by atoms with Crippen LogP contribution < -0.4 is 5.32 Å². The van der Waals surface area contributed by atoms with E-state index in [9.17, 15) is 4.79 Å². The van der Waals surface area contributed by atoms with Crippen molar-refractivity contribution in [3.63, 3.8) is 0 Å². The van der Waals surface area contributed by atoms with Gasteiger partial charge in [-0.1, -0.05) is 57.6 Å². The van der Waals surface area contributed by atoms with Gasteiger partial charge in [0, 0.05) is 11.0 Å². The summed E-state index contributed by atoms with van der Waals surface area (Å²) in [6.45, 7) is 3.01. The topological polar surface area (TPSA) is 29.1 Å². The molecule has 3 heteroatoms. The first-order valence-electron chi connectivity index (χ1n) is 7.28. The Hall–Kier alpha value is -0.830. The zero-order valence-electron chi connectivity index (χ0n) is 11.8. The summed E-state index contributed by atoms with van der Waals surface area (Å²) < 4.78 is 0.854. The third kappa shape index (κ3) is 6.76. The number of halogens is 1. The molecule has 1 N–H and O–H groups in total. The van der Waals surface area contributed by atoms with E-state index >= 15 is 0 Å². The number of hydrogen-bond acceptors (Lipinski definition) is 1. The summed E-state index contributed by atoms with van der Waals surface area (Å²) in [6.07, 6.45) is 8.87. The molecule has 106 valence electrons. The molecule has 0 saturated carbocycles. The molecule has 0 aliphatic carbocycles. The maximum absolute atomic E-state index is 11.9. The van der Waals surface area contributed by atoms with Crippen molar-refractivity contribution in [1.29, 1.82) is 0 Å². The van der Waals surface area contributed by atoms with Gasteiger partial charge in [-0.3, -0.25) is 4.79 Å². The number of benzene rings is 1. The van der Waals surface area contributed by atoms with Gasteiger partial charge < -0.3 is 5.32 Å². The summed E-state index contributed by atoms with van der Waals surface area (Å²) in [7, 11) is 0. The Kier molecular flexibility index (Phi) is 8.55. The Morgan fingerprint density at radius 2 is 1.68 bits per heavy atom. The molecule has 1 rings (SSSR count). The van der Waals surface area contributed by atoms with Crippen LogP contribution in [0, 0.1) is 0 Å². The SMILES string of the molecule is CCCCCCCCCNC(=O)c1ccccc1Br. The minimum absolute atomic E-state index is 0.0125. The van der Waals surface area contributed by atoms with Crippen LogP contribution in [0.5, 0.6) is 0 Å². The molecule has 0 saturated heterocycles. The molecule has 1 aromatic rings. The highest BCUT2D eigenvalue weighted by molar-refractivity contribution is 9.10. The van der Waals surface area contributed by atoms with Gasteiger partial charge in [0.25, 0.3) is 5.91 Å². The zero-order valence-corrected chi connectivity index (χ0v) is 13.3. The minimum Gasteiger partial charge on any atom is -0.352 e. The second-order valence-electron chi connectivity index (χ2n) is 4.86. The van der Waals surface area contributed by atoms with Crippen LogP contribution in [0.15, 0.2) is 28.7 Å². The maximum Gasteiger partial charge on any atom is 0.252 e. The Balaban J connectivity index is 2.10. The highest BCUT2D eigenvalue weighted by atomic mass is 79.9. The van der Waals surface area contributed by atoms with Crippen molar-refractivity contribution >= 4 is 21.8 Å². The molecule has 0 aliphatic rings. The van der Waals surface area contributed by atoms with E-state index in [2.05, 4.69) is 28.2 Å². The Labute approximate surface area is 125 Å². The largest absolute Gasteiger partial charge is 0.352 e. The fourth-order valence-electron chi connectivity index (χ4n) is 2.02. The highest BCUT2D eigenvalue weighted by Gasteiger charge is 2.07. The van der Waals surface area contributed by atoms with Crippen LogP contribution in [-0.4, -0.2) is 12.5 Å². The summed E-state index contributed by atoms with van der Waals surface area (Å²) in [5.74, 6) is 0.0125. The van der Waals surface area contributed by atoms with Gasteiger partial charge >= 0.3 is 0 Å². The monoisotopic (exact) mass is 325 g/mol. The predicted molar refractivity (Wildman–Crippen MR) is 84.5 cm³/mol. The molecular weight excluding hydrogens is 302 g/mol. The lowest BCUT2D eigenvalue weighted by Gasteiger charge is -2.06. The normalized spacial score (nSPS) is 10.4. The molecule has 0 radical (unpaired) electrons. The van der Waals surface area contributed by atoms with Crippen LogP contribution in [0.3, 0.4) is 0 Å². The van der Waals surface area contributed by atoms with Crippen molar-refractivity contribution in [3.8, 4) is 0 Å². The molecule has 0 spiro atoms. The lowest BCUT2D eigenvalue weighted by Crippen LogP contribution is -2.24. The molecule has 0 unspecified atom stereocenters. The molecule has 0 atom stereocenters. The van der Waals surface area contributed by atoms with E-state index in [4.69, 9.17) is 0 Å². The number of carbonyl (C=O) groups is 1. The number of rotatable bonds is 9. The van der Waals surface area contributed by atoms with Gasteiger partial charge in [-0.25, -0.2) is 0 Å². The molecule has 0 aliphatic heterocycles. The van der Waals surface area contributed by atoms with E-state index in [-0.39, 0.29) is 5.91 Å². The summed E-state index contributed by atoms with van der Waals surface area (Å²) in [5, 5.41) is 2.97. The molecule has 19 heavy (non-hydrogen) atoms. The van der Waals surface area contributed by atoms with Crippen molar-refractivity contribution < 1.29 is 4.79 Å². The molecule has 0 fully saturated rings. The van der Waals surface area contributed by atoms with E-state index in [1.807, 2.05) is 24.3 Å². The second kappa shape index (κ2) is 10.0. The first kappa shape index (κ1) is 16.2. The second-order valence-corrected chi connectivity index (χ2v) is 5.71. The average molecular weight is 326 g/mol. The van der Waals surface area contributed by atoms with Crippen molar-refractivity contribution in [3.05, 3.63) is 34.3 Å². The number of unbranched alkanes of at least 4 members (excludes halogenated alkanes) is 6. The Morgan fingerprint density at radius 3 is 2.37 bits per heavy atom. The van der Waals surface area contributed by atoms with Crippen LogP contribution in [0.2, 0.25) is 0 Å². The number of hydrogen-bond donors (Lipinski definition) is 1. The minimum atomic E-state index is 0.0125. The average Bonchev–Trinajstić information content (AvgIpc) is 2.42. The number of carbonyl (C=O) groups excluding carboxylic acids is 1. The van der Waals surface area contributed by atoms with Crippen molar-refractivity contribution in [2.24, 2.45) is 0 Å². The van der Waals surface area contributed by atoms with Gasteiger partial charge in [0.15, 0.2) is 0 Å². The van der Waals surface area contributed by atoms with Gasteiger partial charge in [-0.15, -0.1) is 0 Å². The third-order valence-corrected chi connectivity index (χ3v) is 3.88. The van der Waals surface area contributed by atoms with Crippen LogP contribution in [0.1, 0.15) is 62.2 Å². The lowest BCUT2D eigenvalue weighted by molar-refractivity contribution is 0.0952. The molecule has 0 aromatic heterocycles. The van der Waals surface area contributed by atoms with E-state index in [1.165, 1.54) is 38.5 Å². The van der Waals surface area contributed by atoms with Gasteiger partial charge in [0.05, 0.1) is 5.56 Å². The molecule has 2 nitrogen and oxygen atoms in total. The number of nitrogens with one attached hydrogen (secondary N) is 1. The van der Waals surface area contributed by atoms with Crippen LogP contribution >= 0.6 is 15.9 Å². The van der Waals surface area contributed by atoms with Gasteiger partial charge in [-0.05, 0) is 34.5 Å². The summed E-state index contributed by atoms with van der Waals surface area (Å²) in [5.41, 5.74) is 0.713. The maximum atomic E-state index is 11.9. The van der Waals surface area contributed by atoms with Crippen molar-refractivity contribution in [1.82, 2.24) is 5.32 Å². The van der Waals surface area contributed by atoms with Gasteiger partial charge in [0.2, 0.25) is 0 Å². The van der Waals surface area contributed by atoms with Crippen molar-refractivity contribution in [2.45, 2.75) is 51.9 Å². The summed E-state index contributed by atoms with van der Waals surface area (Å²) in [4.78, 5) is 11.9. The fraction of sp³-hybridized carbons (Fsp3) is 0.562. The fourth-order valence-corrected chi connectivity index (χ4v) is 2.49. The zero-order chi connectivity index (χ0) is 13.9. The van der Waals surface area contributed by atoms with E-state index < -0.39 is 0 Å². The molecular formula is C16H24BrNO. The summed E-state index contributed by atoms with van der Waals surface area (Å²) in [6, 6.07) is 7.53. The van der Waals surface area contributed by atoms with Crippen molar-refractivity contribution in [2.75, 3.05) is 6.54 Å². The van der Waals surface area contributed by atoms with Gasteiger partial charge in [-0.2, -0.15) is 0 Å². The quantitative estimate of drug-likeness (QED) is 0.641. The first-order valence-corrected chi connectivity index (χ1v) is 8.07. The molecule has 0 heterocycles. The van der Waals surface area contributed by atoms with Crippen LogP contribution in [0.4, 0.5) is 0 Å². The Morgan fingerprint density at radius 1 is 1.05 bits per heavy atom. The van der Waals surface area contributed by atoms with Crippen LogP contribution in [0.25, 0.3) is 0 Å². The standard InChI is InChI=1S/C16H24BrNO/c1-2-3-4-5-6-7-10-13-18-16(19)14-11-8-9-12-15(14)17/h8-9,11-12H,2-7,10,13H2,1H3,(H,18,19). The third-order valence-electron chi connectivity index (χ3n) is 3.18. The van der Waals surface area contributed by atoms with E-state index in [0.717, 1.165) is 17.4 Å². The first-order chi connectivity index (χ1) is 9.25. The molecule has 1 amide bonds. The lowest BCUT2D eigenvalue weighted by atomic mass is 10.1. The van der Waals surface area contributed by atoms with Gasteiger partial charge in [0.1, 0.15) is 0 Å². The molecule has 0 bridgehead atoms. The Bertz CT molecular complexity index is 379. The highest BCUT2D eigenvalue weighted by Crippen LogP contribution is 2.15. The molecule has 1 aromatic carbocycles. The number of amides is 1. The summed E-state index contributed by atoms with van der Waals surface area (Å²) >= 11 is 3.39. The predicted octanol–water partition coefficient (Wildman–Crippen LogP) is 4.93. The van der Waals surface area contributed by atoms with E-state index in [0.29, 0.717) is 5.56 Å². The smallest absolute Gasteiger partial charge is 0.252 e.